The van der Waals surface area contributed by atoms with Crippen molar-refractivity contribution in [2.45, 2.75) is 6.43 Å². The second kappa shape index (κ2) is 4.03. The van der Waals surface area contributed by atoms with Crippen molar-refractivity contribution in [3.05, 3.63) is 26.8 Å². The summed E-state index contributed by atoms with van der Waals surface area (Å²) in [7, 11) is 0. The maximum atomic E-state index is 12.7. The average molecular weight is 301 g/mol. The Morgan fingerprint density at radius 2 is 2.15 bits per heavy atom. The van der Waals surface area contributed by atoms with Gasteiger partial charge in [0.1, 0.15) is 3.70 Å². The zero-order chi connectivity index (χ0) is 10.0. The van der Waals surface area contributed by atoms with Crippen molar-refractivity contribution < 1.29 is 18.0 Å². The number of aromatic nitrogens is 1. The molecule has 0 N–H and O–H groups in total. The van der Waals surface area contributed by atoms with Crippen molar-refractivity contribution in [2.75, 3.05) is 0 Å². The number of hydrogen-bond acceptors (Lipinski definition) is 2. The van der Waals surface area contributed by atoms with Crippen molar-refractivity contribution in [1.82, 2.24) is 4.98 Å². The van der Waals surface area contributed by atoms with E-state index in [4.69, 9.17) is 0 Å². The van der Waals surface area contributed by atoms with Crippen LogP contribution in [0.25, 0.3) is 0 Å². The Bertz CT molecular complexity index is 343. The highest BCUT2D eigenvalue weighted by molar-refractivity contribution is 14.1. The van der Waals surface area contributed by atoms with E-state index in [1.54, 1.807) is 0 Å². The molecule has 0 aliphatic rings. The van der Waals surface area contributed by atoms with Crippen molar-refractivity contribution in [1.29, 1.82) is 0 Å². The van der Waals surface area contributed by atoms with Gasteiger partial charge in [0, 0.05) is 0 Å². The molecule has 2 nitrogen and oxygen atoms in total. The van der Waals surface area contributed by atoms with Gasteiger partial charge in [-0.15, -0.1) is 0 Å². The first-order valence-electron chi connectivity index (χ1n) is 3.15. The van der Waals surface area contributed by atoms with E-state index in [0.717, 1.165) is 6.07 Å². The van der Waals surface area contributed by atoms with E-state index in [1.807, 2.05) is 0 Å². The molecule has 1 rings (SSSR count). The molecule has 0 unspecified atom stereocenters. The molecule has 0 saturated carbocycles. The van der Waals surface area contributed by atoms with Gasteiger partial charge in [0.05, 0.1) is 11.1 Å². The summed E-state index contributed by atoms with van der Waals surface area (Å²) in [5.74, 6) is -1.02. The number of alkyl halides is 2. The Kier molecular flexibility index (Phi) is 3.23. The van der Waals surface area contributed by atoms with Gasteiger partial charge in [0.15, 0.2) is 6.29 Å². The Morgan fingerprint density at radius 3 is 2.62 bits per heavy atom. The van der Waals surface area contributed by atoms with Crippen molar-refractivity contribution >= 4 is 28.9 Å². The summed E-state index contributed by atoms with van der Waals surface area (Å²) in [6.07, 6.45) is -2.59. The maximum Gasteiger partial charge on any atom is 0.266 e. The van der Waals surface area contributed by atoms with Gasteiger partial charge in [-0.05, 0) is 28.7 Å². The zero-order valence-corrected chi connectivity index (χ0v) is 8.26. The van der Waals surface area contributed by atoms with Crippen LogP contribution in [-0.4, -0.2) is 11.3 Å². The lowest BCUT2D eigenvalue weighted by Gasteiger charge is -2.03. The van der Waals surface area contributed by atoms with Crippen LogP contribution in [0, 0.1) is 9.65 Å². The molecular weight excluding hydrogens is 298 g/mol. The summed E-state index contributed by atoms with van der Waals surface area (Å²) in [6, 6.07) is 0.807. The molecule has 1 aromatic heterocycles. The number of aldehydes is 1. The molecule has 1 heterocycles. The molecule has 0 amide bonds. The largest absolute Gasteiger partial charge is 0.298 e. The molecular formula is C7H3F3INO. The van der Waals surface area contributed by atoms with E-state index in [2.05, 4.69) is 4.98 Å². The summed E-state index contributed by atoms with van der Waals surface area (Å²) in [5.41, 5.74) is -0.875. The fourth-order valence-electron chi connectivity index (χ4n) is 0.738. The Labute approximate surface area is 85.3 Å². The lowest BCUT2D eigenvalue weighted by atomic mass is 10.2. The van der Waals surface area contributed by atoms with Gasteiger partial charge in [0.25, 0.3) is 6.43 Å². The first kappa shape index (κ1) is 10.4. The fourth-order valence-corrected chi connectivity index (χ4v) is 1.34. The van der Waals surface area contributed by atoms with Crippen molar-refractivity contribution in [3.8, 4) is 0 Å². The standard InChI is InChI=1S/C7H3F3INO/c8-5(9)4-1-3(2-13)6(10)12-7(4)11/h1-2,5H. The minimum absolute atomic E-state index is 0.129. The second-order valence-electron chi connectivity index (χ2n) is 2.17. The quantitative estimate of drug-likeness (QED) is 0.477. The summed E-state index contributed by atoms with van der Waals surface area (Å²) in [6.45, 7) is 0. The summed E-state index contributed by atoms with van der Waals surface area (Å²) in [4.78, 5) is 13.4. The number of halogens is 4. The fraction of sp³-hybridized carbons (Fsp3) is 0.143. The molecule has 13 heavy (non-hydrogen) atoms. The van der Waals surface area contributed by atoms with Gasteiger partial charge in [-0.1, -0.05) is 0 Å². The van der Waals surface area contributed by atoms with Gasteiger partial charge >= 0.3 is 0 Å². The molecule has 6 heteroatoms. The molecule has 0 aliphatic heterocycles. The Morgan fingerprint density at radius 1 is 1.54 bits per heavy atom. The first-order chi connectivity index (χ1) is 6.06. The predicted molar refractivity (Wildman–Crippen MR) is 47.3 cm³/mol. The van der Waals surface area contributed by atoms with E-state index >= 15 is 0 Å². The van der Waals surface area contributed by atoms with Crippen LogP contribution in [0.2, 0.25) is 0 Å². The number of pyridine rings is 1. The van der Waals surface area contributed by atoms with Crippen LogP contribution in [0.1, 0.15) is 22.3 Å². The number of carbonyl (C=O) groups is 1. The third-order valence-electron chi connectivity index (χ3n) is 1.35. The normalized spacial score (nSPS) is 10.5. The SMILES string of the molecule is O=Cc1cc(C(F)F)c(I)nc1F. The van der Waals surface area contributed by atoms with E-state index in [-0.39, 0.29) is 9.99 Å². The second-order valence-corrected chi connectivity index (χ2v) is 3.19. The van der Waals surface area contributed by atoms with Crippen molar-refractivity contribution in [3.63, 3.8) is 0 Å². The summed E-state index contributed by atoms with van der Waals surface area (Å²) < 4.78 is 37.0. The van der Waals surface area contributed by atoms with E-state index < -0.39 is 23.5 Å². The minimum atomic E-state index is -2.75. The van der Waals surface area contributed by atoms with Crippen molar-refractivity contribution in [2.24, 2.45) is 0 Å². The van der Waals surface area contributed by atoms with Crippen LogP contribution in [0.15, 0.2) is 6.07 Å². The average Bonchev–Trinajstić information content (AvgIpc) is 2.03. The molecule has 0 spiro atoms. The Balaban J connectivity index is 3.30. The number of nitrogens with zero attached hydrogens (tertiary/aromatic N) is 1. The highest BCUT2D eigenvalue weighted by Gasteiger charge is 2.16. The lowest BCUT2D eigenvalue weighted by molar-refractivity contribution is 0.111. The number of rotatable bonds is 2. The van der Waals surface area contributed by atoms with Crippen LogP contribution in [-0.2, 0) is 0 Å². The molecule has 0 atom stereocenters. The minimum Gasteiger partial charge on any atom is -0.298 e. The van der Waals surface area contributed by atoms with E-state index in [0.29, 0.717) is 0 Å². The zero-order valence-electron chi connectivity index (χ0n) is 6.10. The topological polar surface area (TPSA) is 30.0 Å². The van der Waals surface area contributed by atoms with E-state index in [1.165, 1.54) is 22.6 Å². The van der Waals surface area contributed by atoms with Gasteiger partial charge < -0.3 is 0 Å². The molecule has 0 fully saturated rings. The van der Waals surface area contributed by atoms with Crippen LogP contribution >= 0.6 is 22.6 Å². The Hall–Kier alpha value is -0.660. The number of carbonyl (C=O) groups excluding carboxylic acids is 1. The first-order valence-corrected chi connectivity index (χ1v) is 4.23. The third-order valence-corrected chi connectivity index (χ3v) is 2.21. The molecule has 1 aromatic rings. The molecule has 0 aromatic carbocycles. The maximum absolute atomic E-state index is 12.7. The van der Waals surface area contributed by atoms with Gasteiger partial charge in [-0.25, -0.2) is 13.8 Å². The molecule has 0 radical (unpaired) electrons. The summed E-state index contributed by atoms with van der Waals surface area (Å²) in [5, 5.41) is 0. The monoisotopic (exact) mass is 301 g/mol. The predicted octanol–water partition coefficient (Wildman–Crippen LogP) is 2.58. The van der Waals surface area contributed by atoms with Crippen LogP contribution in [0.3, 0.4) is 0 Å². The van der Waals surface area contributed by atoms with Crippen LogP contribution in [0.5, 0.6) is 0 Å². The molecule has 0 aliphatic carbocycles. The molecule has 0 saturated heterocycles. The third kappa shape index (κ3) is 2.17. The molecule has 70 valence electrons. The smallest absolute Gasteiger partial charge is 0.266 e. The number of hydrogen-bond donors (Lipinski definition) is 0. The lowest BCUT2D eigenvalue weighted by Crippen LogP contribution is -2.00. The highest BCUT2D eigenvalue weighted by Crippen LogP contribution is 2.24. The van der Waals surface area contributed by atoms with Crippen LogP contribution < -0.4 is 0 Å². The summed E-state index contributed by atoms with van der Waals surface area (Å²) >= 11 is 1.49. The van der Waals surface area contributed by atoms with Gasteiger partial charge in [-0.3, -0.25) is 4.79 Å². The molecule has 0 bridgehead atoms. The van der Waals surface area contributed by atoms with Crippen LogP contribution in [0.4, 0.5) is 13.2 Å². The van der Waals surface area contributed by atoms with Gasteiger partial charge in [-0.2, -0.15) is 4.39 Å². The van der Waals surface area contributed by atoms with E-state index in [9.17, 15) is 18.0 Å². The highest BCUT2D eigenvalue weighted by atomic mass is 127. The van der Waals surface area contributed by atoms with Gasteiger partial charge in [0.2, 0.25) is 5.95 Å².